The summed E-state index contributed by atoms with van der Waals surface area (Å²) < 4.78 is 0. The summed E-state index contributed by atoms with van der Waals surface area (Å²) in [7, 11) is -2.91. The highest BCUT2D eigenvalue weighted by Crippen LogP contribution is 2.14. The van der Waals surface area contributed by atoms with Gasteiger partial charge in [0.15, 0.2) is 0 Å². The fraction of sp³-hybridized carbons (Fsp3) is 0.417. The smallest absolute Gasteiger partial charge is 0.290 e. The molecular weight excluding hydrogens is 440 g/mol. The predicted molar refractivity (Wildman–Crippen MR) is 130 cm³/mol. The molecule has 0 spiro atoms. The summed E-state index contributed by atoms with van der Waals surface area (Å²) in [6.07, 6.45) is -1.06. The molecule has 0 aliphatic carbocycles. The first-order valence-electron chi connectivity index (χ1n) is 10.8. The van der Waals surface area contributed by atoms with E-state index in [1.807, 2.05) is 24.3 Å². The Labute approximate surface area is 192 Å². The van der Waals surface area contributed by atoms with E-state index >= 15 is 0 Å². The monoisotopic (exact) mass is 474 g/mol. The normalized spacial score (nSPS) is 12.2. The van der Waals surface area contributed by atoms with Crippen LogP contribution >= 0.6 is 0 Å². The van der Waals surface area contributed by atoms with E-state index < -0.39 is 34.4 Å². The van der Waals surface area contributed by atoms with Crippen LogP contribution in [0.15, 0.2) is 48.5 Å². The first kappa shape index (κ1) is 26.0. The summed E-state index contributed by atoms with van der Waals surface area (Å²) in [4.78, 5) is 44.7. The van der Waals surface area contributed by atoms with Crippen LogP contribution in [-0.2, 0) is 19.6 Å². The molecule has 6 nitrogen and oxygen atoms in total. The largest absolute Gasteiger partial charge is 0.373 e. The van der Waals surface area contributed by atoms with Crippen molar-refractivity contribution in [1.29, 1.82) is 0 Å². The van der Waals surface area contributed by atoms with Gasteiger partial charge in [-0.25, -0.2) is 9.59 Å². The summed E-state index contributed by atoms with van der Waals surface area (Å²) in [5.74, 6) is -1.52. The number of carbonyl (C=O) groups is 2. The lowest BCUT2D eigenvalue weighted by atomic mass is 10.2. The fourth-order valence-electron chi connectivity index (χ4n) is 2.73. The minimum absolute atomic E-state index is 0.237. The van der Waals surface area contributed by atoms with Crippen LogP contribution in [0, 0.1) is 5.92 Å². The Balaban J connectivity index is 1.92. The Hall–Kier alpha value is -2.27. The summed E-state index contributed by atoms with van der Waals surface area (Å²) in [5.41, 5.74) is 0.739. The Bertz CT molecular complexity index is 836. The first-order chi connectivity index (χ1) is 14.8. The van der Waals surface area contributed by atoms with Gasteiger partial charge in [0.25, 0.3) is 0 Å². The van der Waals surface area contributed by atoms with E-state index in [2.05, 4.69) is 39.3 Å². The molecule has 0 unspecified atom stereocenters. The van der Waals surface area contributed by atoms with Crippen LogP contribution in [0.25, 0.3) is 0 Å². The topological polar surface area (TPSA) is 71.1 Å². The average molecular weight is 475 g/mol. The van der Waals surface area contributed by atoms with Crippen LogP contribution in [0.4, 0.5) is 0 Å². The fourth-order valence-corrected chi connectivity index (χ4v) is 5.06. The molecule has 0 amide bonds. The molecule has 0 saturated heterocycles. The van der Waals surface area contributed by atoms with Crippen molar-refractivity contribution in [2.24, 2.45) is 5.92 Å². The second kappa shape index (κ2) is 10.6. The molecule has 2 aromatic carbocycles. The molecule has 0 aliphatic heterocycles. The van der Waals surface area contributed by atoms with Gasteiger partial charge in [-0.1, -0.05) is 87.8 Å². The molecule has 0 heterocycles. The van der Waals surface area contributed by atoms with E-state index in [0.717, 1.165) is 0 Å². The maximum atomic E-state index is 12.3. The van der Waals surface area contributed by atoms with E-state index in [1.165, 1.54) is 10.4 Å². The molecule has 0 saturated carbocycles. The molecular formula is C24H34O6Si2. The molecule has 0 aromatic heterocycles. The molecule has 0 N–H and O–H groups in total. The van der Waals surface area contributed by atoms with Crippen molar-refractivity contribution in [3.63, 3.8) is 0 Å². The molecule has 2 rings (SSSR count). The standard InChI is InChI=1S/C24H34O6Si2/c1-17(2)24(29-27-22(25)18-9-13-20(14-10-18)31(3,4)5)30-28-23(26)19-11-15-21(16-12-19)32(6,7)8/h9-17,24H,1-8H3. The van der Waals surface area contributed by atoms with Gasteiger partial charge in [-0.3, -0.25) is 9.78 Å². The third kappa shape index (κ3) is 7.41. The average Bonchev–Trinajstić information content (AvgIpc) is 2.72. The molecule has 8 heteroatoms. The zero-order chi connectivity index (χ0) is 24.1. The Morgan fingerprint density at radius 2 is 0.938 bits per heavy atom. The highest BCUT2D eigenvalue weighted by Gasteiger charge is 2.24. The second-order valence-electron chi connectivity index (χ2n) is 10.2. The molecule has 174 valence electrons. The van der Waals surface area contributed by atoms with Gasteiger partial charge in [0.1, 0.15) is 0 Å². The van der Waals surface area contributed by atoms with Gasteiger partial charge in [0.05, 0.1) is 27.3 Å². The van der Waals surface area contributed by atoms with Crippen LogP contribution in [0.1, 0.15) is 34.6 Å². The lowest BCUT2D eigenvalue weighted by molar-refractivity contribution is -0.430. The summed E-state index contributed by atoms with van der Waals surface area (Å²) >= 11 is 0. The SMILES string of the molecule is CC(C)C(OOC(=O)c1ccc([Si](C)(C)C)cc1)OOC(=O)c1ccc([Si](C)(C)C)cc1. The van der Waals surface area contributed by atoms with E-state index in [1.54, 1.807) is 38.1 Å². The molecule has 32 heavy (non-hydrogen) atoms. The zero-order valence-electron chi connectivity index (χ0n) is 20.2. The minimum atomic E-state index is -1.45. The summed E-state index contributed by atoms with van der Waals surface area (Å²) in [6.45, 7) is 17.0. The maximum Gasteiger partial charge on any atom is 0.373 e. The molecule has 0 fully saturated rings. The number of hydrogen-bond acceptors (Lipinski definition) is 6. The van der Waals surface area contributed by atoms with Crippen molar-refractivity contribution in [2.45, 2.75) is 59.4 Å². The molecule has 2 aromatic rings. The van der Waals surface area contributed by atoms with Crippen molar-refractivity contribution < 1.29 is 29.1 Å². The second-order valence-corrected chi connectivity index (χ2v) is 20.4. The van der Waals surface area contributed by atoms with E-state index in [9.17, 15) is 9.59 Å². The van der Waals surface area contributed by atoms with Gasteiger partial charge in [-0.2, -0.15) is 0 Å². The van der Waals surface area contributed by atoms with Crippen LogP contribution in [0.5, 0.6) is 0 Å². The van der Waals surface area contributed by atoms with E-state index in [-0.39, 0.29) is 5.92 Å². The quantitative estimate of drug-likeness (QED) is 0.228. The van der Waals surface area contributed by atoms with Gasteiger partial charge in [0.2, 0.25) is 6.29 Å². The number of rotatable bonds is 9. The van der Waals surface area contributed by atoms with Gasteiger partial charge in [0, 0.05) is 5.92 Å². The van der Waals surface area contributed by atoms with E-state index in [4.69, 9.17) is 19.6 Å². The predicted octanol–water partition coefficient (Wildman–Crippen LogP) is 4.64. The number of hydrogen-bond donors (Lipinski definition) is 0. The van der Waals surface area contributed by atoms with Crippen molar-refractivity contribution in [2.75, 3.05) is 0 Å². The first-order valence-corrected chi connectivity index (χ1v) is 17.8. The third-order valence-corrected chi connectivity index (χ3v) is 9.09. The van der Waals surface area contributed by atoms with Crippen molar-refractivity contribution in [1.82, 2.24) is 0 Å². The molecule has 0 bridgehead atoms. The third-order valence-electron chi connectivity index (χ3n) is 4.95. The van der Waals surface area contributed by atoms with Crippen molar-refractivity contribution in [3.05, 3.63) is 59.7 Å². The molecule has 0 atom stereocenters. The van der Waals surface area contributed by atoms with Gasteiger partial charge < -0.3 is 0 Å². The van der Waals surface area contributed by atoms with E-state index in [0.29, 0.717) is 11.1 Å². The van der Waals surface area contributed by atoms with Crippen molar-refractivity contribution in [3.8, 4) is 0 Å². The number of carbonyl (C=O) groups excluding carboxylic acids is 2. The maximum absolute atomic E-state index is 12.3. The Morgan fingerprint density at radius 3 is 1.19 bits per heavy atom. The van der Waals surface area contributed by atoms with Crippen LogP contribution in [0.2, 0.25) is 39.3 Å². The Morgan fingerprint density at radius 1 is 0.625 bits per heavy atom. The highest BCUT2D eigenvalue weighted by molar-refractivity contribution is 6.89. The van der Waals surface area contributed by atoms with Gasteiger partial charge in [-0.05, 0) is 24.3 Å². The summed E-state index contributed by atoms with van der Waals surface area (Å²) in [6, 6.07) is 14.6. The van der Waals surface area contributed by atoms with Crippen LogP contribution in [-0.4, -0.2) is 34.4 Å². The minimum Gasteiger partial charge on any atom is -0.290 e. The lowest BCUT2D eigenvalue weighted by Crippen LogP contribution is -2.37. The molecule has 0 aliphatic rings. The van der Waals surface area contributed by atoms with Crippen LogP contribution < -0.4 is 10.4 Å². The zero-order valence-corrected chi connectivity index (χ0v) is 22.2. The van der Waals surface area contributed by atoms with Crippen LogP contribution in [0.3, 0.4) is 0 Å². The molecule has 0 radical (unpaired) electrons. The van der Waals surface area contributed by atoms with Gasteiger partial charge >= 0.3 is 11.9 Å². The summed E-state index contributed by atoms with van der Waals surface area (Å²) in [5, 5.41) is 2.48. The lowest BCUT2D eigenvalue weighted by Gasteiger charge is -2.19. The van der Waals surface area contributed by atoms with Crippen molar-refractivity contribution >= 4 is 38.5 Å². The highest BCUT2D eigenvalue weighted by atomic mass is 28.3. The number of benzene rings is 2. The Kier molecular flexibility index (Phi) is 8.58. The van der Waals surface area contributed by atoms with Gasteiger partial charge in [-0.15, -0.1) is 9.78 Å².